The van der Waals surface area contributed by atoms with Gasteiger partial charge in [0.15, 0.2) is 0 Å². The highest BCUT2D eigenvalue weighted by Crippen LogP contribution is 2.30. The molecule has 1 saturated heterocycles. The summed E-state index contributed by atoms with van der Waals surface area (Å²) in [5.74, 6) is -1.81. The van der Waals surface area contributed by atoms with Gasteiger partial charge in [-0.25, -0.2) is 0 Å². The zero-order chi connectivity index (χ0) is 30.2. The first-order valence-electron chi connectivity index (χ1n) is 14.0. The van der Waals surface area contributed by atoms with Gasteiger partial charge in [0.25, 0.3) is 17.7 Å². The first-order valence-corrected chi connectivity index (χ1v) is 14.9. The topological polar surface area (TPSA) is 119 Å². The quantitative estimate of drug-likeness (QED) is 0.241. The number of carboxylic acid groups (broad SMARTS) is 1. The normalized spacial score (nSPS) is 14.0. The van der Waals surface area contributed by atoms with Crippen molar-refractivity contribution in [3.8, 4) is 0 Å². The fourth-order valence-corrected chi connectivity index (χ4v) is 5.87. The van der Waals surface area contributed by atoms with E-state index >= 15 is 0 Å². The summed E-state index contributed by atoms with van der Waals surface area (Å²) in [4.78, 5) is 55.9. The highest BCUT2D eigenvalue weighted by Gasteiger charge is 2.24. The van der Waals surface area contributed by atoms with Gasteiger partial charge in [-0.2, -0.15) is 0 Å². The van der Waals surface area contributed by atoms with Gasteiger partial charge in [0, 0.05) is 47.7 Å². The Labute approximate surface area is 253 Å². The summed E-state index contributed by atoms with van der Waals surface area (Å²) >= 11 is 1.37. The van der Waals surface area contributed by atoms with Gasteiger partial charge in [0.2, 0.25) is 0 Å². The van der Waals surface area contributed by atoms with Crippen LogP contribution in [0.4, 0.5) is 11.4 Å². The van der Waals surface area contributed by atoms with Crippen LogP contribution in [0.1, 0.15) is 54.8 Å². The lowest BCUT2D eigenvalue weighted by atomic mass is 10.1. The number of nitrogens with one attached hydrogen (secondary N) is 2. The molecule has 0 radical (unpaired) electrons. The second-order valence-corrected chi connectivity index (χ2v) is 11.2. The van der Waals surface area contributed by atoms with E-state index in [4.69, 9.17) is 0 Å². The lowest BCUT2D eigenvalue weighted by Gasteiger charge is -2.27. The van der Waals surface area contributed by atoms with Crippen molar-refractivity contribution in [2.24, 2.45) is 0 Å². The van der Waals surface area contributed by atoms with E-state index in [2.05, 4.69) is 15.5 Å². The molecule has 43 heavy (non-hydrogen) atoms. The lowest BCUT2D eigenvalue weighted by Crippen LogP contribution is -2.35. The van der Waals surface area contributed by atoms with E-state index in [1.54, 1.807) is 48.5 Å². The van der Waals surface area contributed by atoms with Gasteiger partial charge in [-0.3, -0.25) is 19.2 Å². The van der Waals surface area contributed by atoms with Crippen LogP contribution in [-0.2, 0) is 4.79 Å². The fraction of sp³-hybridized carbons (Fsp3) is 0.212. The number of carboxylic acids is 1. The predicted octanol–water partition coefficient (Wildman–Crippen LogP) is 5.30. The maximum absolute atomic E-state index is 13.4. The molecule has 0 bridgehead atoms. The molecule has 9 nitrogen and oxygen atoms in total. The fourth-order valence-electron chi connectivity index (χ4n) is 5.09. The summed E-state index contributed by atoms with van der Waals surface area (Å²) in [7, 11) is 0. The van der Waals surface area contributed by atoms with E-state index in [9.17, 15) is 24.3 Å². The Hall–Kier alpha value is -4.96. The van der Waals surface area contributed by atoms with Gasteiger partial charge >= 0.3 is 5.97 Å². The number of benzene rings is 3. The summed E-state index contributed by atoms with van der Waals surface area (Å²) in [6, 6.07) is 26.0. The summed E-state index contributed by atoms with van der Waals surface area (Å²) in [6.45, 7) is 2.29. The monoisotopic (exact) mass is 596 g/mol. The van der Waals surface area contributed by atoms with Gasteiger partial charge in [0.1, 0.15) is 0 Å². The van der Waals surface area contributed by atoms with Crippen LogP contribution < -0.4 is 15.5 Å². The smallest absolute Gasteiger partial charge is 0.305 e. The molecule has 3 amide bonds. The van der Waals surface area contributed by atoms with Crippen molar-refractivity contribution in [1.29, 1.82) is 0 Å². The van der Waals surface area contributed by atoms with Crippen LogP contribution in [0, 0.1) is 0 Å². The Morgan fingerprint density at radius 3 is 2.16 bits per heavy atom. The molecular formula is C33H32N4O5S. The Morgan fingerprint density at radius 2 is 1.49 bits per heavy atom. The van der Waals surface area contributed by atoms with Gasteiger partial charge in [-0.05, 0) is 60.3 Å². The van der Waals surface area contributed by atoms with Crippen molar-refractivity contribution in [3.05, 3.63) is 118 Å². The standard InChI is InChI=1S/C33H32N4O5S/c38-30(39)22-27(29-13-7-20-43-29)35-32(41)25-14-15-28(26(21-25)34-31(40)23-9-3-1-4-10-23)36-16-8-17-37(19-18-36)33(42)24-11-5-2-6-12-24/h1-7,9-15,20-21,27H,8,16-19,22H2,(H,34,40)(H,35,41)(H,38,39). The maximum atomic E-state index is 13.4. The Bertz CT molecular complexity index is 1580. The second-order valence-electron chi connectivity index (χ2n) is 10.2. The summed E-state index contributed by atoms with van der Waals surface area (Å²) in [5.41, 5.74) is 2.59. The molecule has 1 aromatic heterocycles. The first-order chi connectivity index (χ1) is 20.9. The molecule has 4 aromatic rings. The third-order valence-electron chi connectivity index (χ3n) is 7.26. The minimum atomic E-state index is -1.02. The number of carbonyl (C=O) groups is 4. The van der Waals surface area contributed by atoms with E-state index in [0.717, 1.165) is 17.0 Å². The van der Waals surface area contributed by atoms with Crippen LogP contribution in [0.2, 0.25) is 0 Å². The minimum Gasteiger partial charge on any atom is -0.481 e. The molecule has 1 aliphatic heterocycles. The van der Waals surface area contributed by atoms with Crippen molar-refractivity contribution in [1.82, 2.24) is 10.2 Å². The number of nitrogens with zero attached hydrogens (tertiary/aromatic N) is 2. The van der Waals surface area contributed by atoms with E-state index in [1.807, 2.05) is 52.7 Å². The summed E-state index contributed by atoms with van der Waals surface area (Å²) < 4.78 is 0. The van der Waals surface area contributed by atoms with Crippen molar-refractivity contribution in [2.45, 2.75) is 18.9 Å². The van der Waals surface area contributed by atoms with Crippen molar-refractivity contribution < 1.29 is 24.3 Å². The highest BCUT2D eigenvalue weighted by molar-refractivity contribution is 7.10. The van der Waals surface area contributed by atoms with E-state index in [1.165, 1.54) is 11.3 Å². The van der Waals surface area contributed by atoms with Crippen LogP contribution >= 0.6 is 11.3 Å². The van der Waals surface area contributed by atoms with Crippen LogP contribution in [-0.4, -0.2) is 59.9 Å². The van der Waals surface area contributed by atoms with Gasteiger partial charge < -0.3 is 25.5 Å². The highest BCUT2D eigenvalue weighted by atomic mass is 32.1. The average molecular weight is 597 g/mol. The zero-order valence-corrected chi connectivity index (χ0v) is 24.3. The molecule has 1 fully saturated rings. The number of hydrogen-bond donors (Lipinski definition) is 3. The number of thiophene rings is 1. The van der Waals surface area contributed by atoms with Crippen molar-refractivity contribution in [2.75, 3.05) is 36.4 Å². The molecule has 3 aromatic carbocycles. The lowest BCUT2D eigenvalue weighted by molar-refractivity contribution is -0.137. The van der Waals surface area contributed by atoms with Crippen LogP contribution in [0.3, 0.4) is 0 Å². The molecule has 10 heteroatoms. The third kappa shape index (κ3) is 7.47. The van der Waals surface area contributed by atoms with Crippen LogP contribution in [0.5, 0.6) is 0 Å². The second kappa shape index (κ2) is 13.8. The SMILES string of the molecule is O=C(O)CC(NC(=O)c1ccc(N2CCCN(C(=O)c3ccccc3)CC2)c(NC(=O)c2ccccc2)c1)c1cccs1. The van der Waals surface area contributed by atoms with Crippen LogP contribution in [0.15, 0.2) is 96.4 Å². The molecule has 0 aliphatic carbocycles. The number of carbonyl (C=O) groups excluding carboxylic acids is 3. The van der Waals surface area contributed by atoms with Crippen molar-refractivity contribution >= 4 is 46.4 Å². The molecule has 1 atom stereocenters. The summed E-state index contributed by atoms with van der Waals surface area (Å²) in [6.07, 6.45) is 0.471. The number of amides is 3. The number of hydrogen-bond acceptors (Lipinski definition) is 6. The van der Waals surface area contributed by atoms with E-state index in [-0.39, 0.29) is 23.8 Å². The number of aliphatic carboxylic acids is 1. The van der Waals surface area contributed by atoms with Gasteiger partial charge in [0.05, 0.1) is 23.8 Å². The predicted molar refractivity (Wildman–Crippen MR) is 167 cm³/mol. The Kier molecular flexibility index (Phi) is 9.48. The molecule has 220 valence electrons. The number of rotatable bonds is 9. The van der Waals surface area contributed by atoms with Gasteiger partial charge in [-0.15, -0.1) is 11.3 Å². The molecule has 5 rings (SSSR count). The third-order valence-corrected chi connectivity index (χ3v) is 8.24. The Balaban J connectivity index is 1.39. The molecule has 1 aliphatic rings. The first kappa shape index (κ1) is 29.5. The maximum Gasteiger partial charge on any atom is 0.305 e. The molecule has 2 heterocycles. The number of anilines is 2. The average Bonchev–Trinajstić information content (AvgIpc) is 3.46. The Morgan fingerprint density at radius 1 is 0.767 bits per heavy atom. The van der Waals surface area contributed by atoms with E-state index < -0.39 is 17.9 Å². The molecule has 0 saturated carbocycles. The molecule has 0 spiro atoms. The minimum absolute atomic E-state index is 0.0197. The molecule has 3 N–H and O–H groups in total. The van der Waals surface area contributed by atoms with E-state index in [0.29, 0.717) is 43.0 Å². The molecular weight excluding hydrogens is 564 g/mol. The molecule has 1 unspecified atom stereocenters. The largest absolute Gasteiger partial charge is 0.481 e. The van der Waals surface area contributed by atoms with Crippen molar-refractivity contribution in [3.63, 3.8) is 0 Å². The van der Waals surface area contributed by atoms with Crippen LogP contribution in [0.25, 0.3) is 0 Å². The zero-order valence-electron chi connectivity index (χ0n) is 23.4. The van der Waals surface area contributed by atoms with Gasteiger partial charge in [-0.1, -0.05) is 42.5 Å². The summed E-state index contributed by atoms with van der Waals surface area (Å²) in [5, 5.41) is 17.1.